The second-order valence-electron chi connectivity index (χ2n) is 8.02. The fourth-order valence-corrected chi connectivity index (χ4v) is 5.59. The van der Waals surface area contributed by atoms with Crippen molar-refractivity contribution in [3.05, 3.63) is 53.6 Å². The number of rotatable bonds is 6. The van der Waals surface area contributed by atoms with Crippen LogP contribution in [-0.2, 0) is 27.7 Å². The smallest absolute Gasteiger partial charge is 0.265 e. The van der Waals surface area contributed by atoms with E-state index >= 15 is 0 Å². The summed E-state index contributed by atoms with van der Waals surface area (Å²) in [7, 11) is -3.45. The van der Waals surface area contributed by atoms with Crippen LogP contribution in [0.3, 0.4) is 0 Å². The first-order valence-electron chi connectivity index (χ1n) is 10.6. The summed E-state index contributed by atoms with van der Waals surface area (Å²) in [6.07, 6.45) is 5.71. The second kappa shape index (κ2) is 8.78. The molecule has 1 aliphatic heterocycles. The molecule has 0 radical (unpaired) electrons. The van der Waals surface area contributed by atoms with Crippen LogP contribution in [0, 0.1) is 0 Å². The van der Waals surface area contributed by atoms with Gasteiger partial charge < -0.3 is 10.1 Å². The summed E-state index contributed by atoms with van der Waals surface area (Å²) in [5.74, 6) is 0.424. The quantitative estimate of drug-likeness (QED) is 0.760. The molecular weight excluding hydrogens is 400 g/mol. The number of aryl methyl sites for hydroxylation is 2. The molecule has 1 unspecified atom stereocenters. The van der Waals surface area contributed by atoms with Crippen LogP contribution >= 0.6 is 0 Å². The van der Waals surface area contributed by atoms with Crippen molar-refractivity contribution in [3.8, 4) is 5.75 Å². The maximum Gasteiger partial charge on any atom is 0.265 e. The average molecular weight is 429 g/mol. The van der Waals surface area contributed by atoms with Crippen LogP contribution in [0.4, 0.5) is 5.69 Å². The Balaban J connectivity index is 1.37. The normalized spacial score (nSPS) is 17.9. The molecule has 0 spiro atoms. The Labute approximate surface area is 178 Å². The molecule has 1 atom stereocenters. The zero-order valence-electron chi connectivity index (χ0n) is 17.3. The summed E-state index contributed by atoms with van der Waals surface area (Å²) < 4.78 is 32.6. The molecule has 2 aromatic carbocycles. The number of amides is 1. The molecule has 0 bridgehead atoms. The Kier molecular flexibility index (Phi) is 6.11. The lowest BCUT2D eigenvalue weighted by molar-refractivity contribution is -0.122. The van der Waals surface area contributed by atoms with E-state index in [2.05, 4.69) is 11.4 Å². The molecule has 1 aliphatic carbocycles. The zero-order chi connectivity index (χ0) is 21.1. The number of ether oxygens (including phenoxy) is 1. The average Bonchev–Trinajstić information content (AvgIpc) is 3.30. The van der Waals surface area contributed by atoms with Gasteiger partial charge in [0.25, 0.3) is 5.91 Å². The first-order chi connectivity index (χ1) is 14.4. The molecule has 4 rings (SSSR count). The zero-order valence-corrected chi connectivity index (χ0v) is 18.1. The van der Waals surface area contributed by atoms with Gasteiger partial charge in [0, 0.05) is 18.8 Å². The molecule has 160 valence electrons. The molecule has 1 heterocycles. The van der Waals surface area contributed by atoms with Crippen molar-refractivity contribution in [1.82, 2.24) is 4.31 Å². The number of nitrogens with one attached hydrogen (secondary N) is 1. The minimum atomic E-state index is -3.45. The molecule has 1 N–H and O–H groups in total. The highest BCUT2D eigenvalue weighted by atomic mass is 32.2. The van der Waals surface area contributed by atoms with Crippen LogP contribution in [0.25, 0.3) is 0 Å². The molecule has 30 heavy (non-hydrogen) atoms. The largest absolute Gasteiger partial charge is 0.481 e. The van der Waals surface area contributed by atoms with Gasteiger partial charge in [-0.15, -0.1) is 0 Å². The van der Waals surface area contributed by atoms with Crippen molar-refractivity contribution in [2.45, 2.75) is 56.4 Å². The van der Waals surface area contributed by atoms with Crippen LogP contribution in [0.1, 0.15) is 43.7 Å². The summed E-state index contributed by atoms with van der Waals surface area (Å²) in [6.45, 7) is 2.84. The highest BCUT2D eigenvalue weighted by molar-refractivity contribution is 7.89. The van der Waals surface area contributed by atoms with E-state index in [1.54, 1.807) is 19.1 Å². The van der Waals surface area contributed by atoms with E-state index < -0.39 is 16.1 Å². The van der Waals surface area contributed by atoms with E-state index in [0.717, 1.165) is 25.7 Å². The van der Waals surface area contributed by atoms with Gasteiger partial charge >= 0.3 is 0 Å². The van der Waals surface area contributed by atoms with Crippen molar-refractivity contribution >= 4 is 21.6 Å². The topological polar surface area (TPSA) is 75.7 Å². The molecule has 1 saturated heterocycles. The first-order valence-corrected chi connectivity index (χ1v) is 12.1. The highest BCUT2D eigenvalue weighted by Gasteiger charge is 2.27. The molecule has 1 amide bonds. The van der Waals surface area contributed by atoms with E-state index in [0.29, 0.717) is 24.5 Å². The fraction of sp³-hybridized carbons (Fsp3) is 0.435. The Hall–Kier alpha value is -2.38. The predicted molar refractivity (Wildman–Crippen MR) is 116 cm³/mol. The molecule has 7 heteroatoms. The number of hydrogen-bond donors (Lipinski definition) is 1. The van der Waals surface area contributed by atoms with Crippen LogP contribution in [-0.4, -0.2) is 37.8 Å². The van der Waals surface area contributed by atoms with Crippen molar-refractivity contribution in [2.24, 2.45) is 0 Å². The lowest BCUT2D eigenvalue weighted by Gasteiger charge is -2.19. The lowest BCUT2D eigenvalue weighted by atomic mass is 9.92. The van der Waals surface area contributed by atoms with Gasteiger partial charge in [0.1, 0.15) is 5.75 Å². The van der Waals surface area contributed by atoms with Gasteiger partial charge in [0.2, 0.25) is 10.0 Å². The van der Waals surface area contributed by atoms with Gasteiger partial charge in [0.05, 0.1) is 4.90 Å². The number of fused-ring (bicyclic) bond motifs is 1. The lowest BCUT2D eigenvalue weighted by Crippen LogP contribution is -2.30. The molecule has 2 aliphatic rings. The van der Waals surface area contributed by atoms with E-state index in [1.165, 1.54) is 40.4 Å². The van der Waals surface area contributed by atoms with Gasteiger partial charge in [-0.05, 0) is 93.0 Å². The summed E-state index contributed by atoms with van der Waals surface area (Å²) >= 11 is 0. The van der Waals surface area contributed by atoms with Crippen LogP contribution < -0.4 is 10.1 Å². The Morgan fingerprint density at radius 1 is 0.967 bits per heavy atom. The molecule has 1 fully saturated rings. The van der Waals surface area contributed by atoms with Gasteiger partial charge in [-0.3, -0.25) is 4.79 Å². The van der Waals surface area contributed by atoms with Crippen molar-refractivity contribution in [1.29, 1.82) is 0 Å². The van der Waals surface area contributed by atoms with Gasteiger partial charge in [-0.2, -0.15) is 4.31 Å². The highest BCUT2D eigenvalue weighted by Crippen LogP contribution is 2.26. The van der Waals surface area contributed by atoms with E-state index in [1.807, 2.05) is 12.1 Å². The number of anilines is 1. The number of hydrogen-bond acceptors (Lipinski definition) is 4. The number of carbonyl (C=O) groups excluding carboxylic acids is 1. The van der Waals surface area contributed by atoms with Crippen molar-refractivity contribution in [2.75, 3.05) is 18.4 Å². The second-order valence-corrected chi connectivity index (χ2v) is 9.96. The predicted octanol–water partition coefficient (Wildman–Crippen LogP) is 3.76. The van der Waals surface area contributed by atoms with Crippen LogP contribution in [0.5, 0.6) is 5.75 Å². The number of sulfonamides is 1. The van der Waals surface area contributed by atoms with E-state index in [4.69, 9.17) is 4.74 Å². The standard InChI is InChI=1S/C23H28N2O4S/c1-17(29-21-11-8-18-6-2-3-7-19(18)16-21)23(26)24-20-9-12-22(13-10-20)30(27,28)25-14-4-5-15-25/h8-13,16-17H,2-7,14-15H2,1H3,(H,24,26). The monoisotopic (exact) mass is 428 g/mol. The summed E-state index contributed by atoms with van der Waals surface area (Å²) in [5, 5.41) is 2.80. The number of carbonyl (C=O) groups is 1. The van der Waals surface area contributed by atoms with E-state index in [9.17, 15) is 13.2 Å². The minimum Gasteiger partial charge on any atom is -0.481 e. The van der Waals surface area contributed by atoms with Crippen molar-refractivity contribution in [3.63, 3.8) is 0 Å². The minimum absolute atomic E-state index is 0.251. The fourth-order valence-electron chi connectivity index (χ4n) is 4.07. The number of nitrogens with zero attached hydrogens (tertiary/aromatic N) is 1. The summed E-state index contributed by atoms with van der Waals surface area (Å²) in [6, 6.07) is 12.4. The molecule has 2 aromatic rings. The maximum absolute atomic E-state index is 12.6. The summed E-state index contributed by atoms with van der Waals surface area (Å²) in [5.41, 5.74) is 3.22. The molecule has 0 aromatic heterocycles. The van der Waals surface area contributed by atoms with Crippen molar-refractivity contribution < 1.29 is 17.9 Å². The van der Waals surface area contributed by atoms with Gasteiger partial charge in [-0.25, -0.2) is 8.42 Å². The third-order valence-electron chi connectivity index (χ3n) is 5.83. The SMILES string of the molecule is CC(Oc1ccc2c(c1)CCCC2)C(=O)Nc1ccc(S(=O)(=O)N2CCCC2)cc1. The summed E-state index contributed by atoms with van der Waals surface area (Å²) in [4.78, 5) is 12.8. The number of benzene rings is 2. The third kappa shape index (κ3) is 4.52. The first kappa shape index (κ1) is 20.9. The van der Waals surface area contributed by atoms with Gasteiger partial charge in [0.15, 0.2) is 6.10 Å². The third-order valence-corrected chi connectivity index (χ3v) is 7.74. The molecule has 0 saturated carbocycles. The maximum atomic E-state index is 12.6. The Morgan fingerprint density at radius 2 is 1.63 bits per heavy atom. The Bertz CT molecular complexity index is 1010. The van der Waals surface area contributed by atoms with Crippen LogP contribution in [0.15, 0.2) is 47.4 Å². The van der Waals surface area contributed by atoms with Crippen LogP contribution in [0.2, 0.25) is 0 Å². The molecular formula is C23H28N2O4S. The Morgan fingerprint density at radius 3 is 2.33 bits per heavy atom. The van der Waals surface area contributed by atoms with Gasteiger partial charge in [-0.1, -0.05) is 6.07 Å². The molecule has 6 nitrogen and oxygen atoms in total. The van der Waals surface area contributed by atoms with E-state index in [-0.39, 0.29) is 10.8 Å².